The Bertz CT molecular complexity index is 846. The topological polar surface area (TPSA) is 51.2 Å². The quantitative estimate of drug-likeness (QED) is 0.721. The number of carbonyl (C=O) groups is 1. The molecule has 5 heteroatoms. The van der Waals surface area contributed by atoms with E-state index in [-0.39, 0.29) is 5.91 Å². The molecule has 120 valence electrons. The molecular formula is C19H15ClN2O2. The van der Waals surface area contributed by atoms with Crippen molar-refractivity contribution in [3.63, 3.8) is 0 Å². The van der Waals surface area contributed by atoms with Crippen LogP contribution in [0.15, 0.2) is 66.9 Å². The van der Waals surface area contributed by atoms with Gasteiger partial charge in [0.2, 0.25) is 5.88 Å². The third kappa shape index (κ3) is 3.91. The fourth-order valence-electron chi connectivity index (χ4n) is 2.09. The second-order valence-electron chi connectivity index (χ2n) is 5.23. The van der Waals surface area contributed by atoms with Crippen molar-refractivity contribution in [2.45, 2.75) is 6.92 Å². The number of aromatic nitrogens is 1. The number of carbonyl (C=O) groups excluding carboxylic acids is 1. The number of hydrogen-bond acceptors (Lipinski definition) is 3. The van der Waals surface area contributed by atoms with Gasteiger partial charge in [-0.3, -0.25) is 4.79 Å². The summed E-state index contributed by atoms with van der Waals surface area (Å²) in [4.78, 5) is 16.4. The summed E-state index contributed by atoms with van der Waals surface area (Å²) in [6.07, 6.45) is 1.54. The van der Waals surface area contributed by atoms with E-state index >= 15 is 0 Å². The van der Waals surface area contributed by atoms with Gasteiger partial charge in [-0.1, -0.05) is 41.4 Å². The Balaban J connectivity index is 1.67. The van der Waals surface area contributed by atoms with Crippen molar-refractivity contribution in [3.8, 4) is 11.6 Å². The molecule has 3 aromatic rings. The summed E-state index contributed by atoms with van der Waals surface area (Å²) in [5, 5.41) is 3.16. The highest BCUT2D eigenvalue weighted by Gasteiger charge is 2.10. The number of nitrogens with zero attached hydrogens (tertiary/aromatic N) is 1. The van der Waals surface area contributed by atoms with Crippen LogP contribution in [0, 0.1) is 6.92 Å². The number of rotatable bonds is 4. The molecule has 0 radical (unpaired) electrons. The smallest absolute Gasteiger partial charge is 0.257 e. The van der Waals surface area contributed by atoms with E-state index in [0.29, 0.717) is 27.9 Å². The predicted molar refractivity (Wildman–Crippen MR) is 94.9 cm³/mol. The Morgan fingerprint density at radius 1 is 1.04 bits per heavy atom. The van der Waals surface area contributed by atoms with Crippen LogP contribution < -0.4 is 10.1 Å². The van der Waals surface area contributed by atoms with Gasteiger partial charge in [-0.05, 0) is 37.3 Å². The maximum atomic E-state index is 12.2. The largest absolute Gasteiger partial charge is 0.439 e. The van der Waals surface area contributed by atoms with E-state index < -0.39 is 0 Å². The van der Waals surface area contributed by atoms with E-state index in [4.69, 9.17) is 16.3 Å². The van der Waals surface area contributed by atoms with Crippen LogP contribution in [0.1, 0.15) is 15.9 Å². The Labute approximate surface area is 145 Å². The fraction of sp³-hybridized carbons (Fsp3) is 0.0526. The maximum Gasteiger partial charge on any atom is 0.257 e. The molecule has 0 fully saturated rings. The molecule has 0 aliphatic heterocycles. The van der Waals surface area contributed by atoms with E-state index in [1.807, 2.05) is 31.2 Å². The molecule has 1 N–H and O–H groups in total. The first-order valence-corrected chi connectivity index (χ1v) is 7.76. The number of amides is 1. The minimum atomic E-state index is -0.283. The van der Waals surface area contributed by atoms with Crippen molar-refractivity contribution in [3.05, 3.63) is 83.0 Å². The van der Waals surface area contributed by atoms with Crippen LogP contribution in [0.4, 0.5) is 5.69 Å². The van der Waals surface area contributed by atoms with Gasteiger partial charge in [0, 0.05) is 6.07 Å². The number of ether oxygens (including phenoxy) is 1. The van der Waals surface area contributed by atoms with Gasteiger partial charge in [-0.25, -0.2) is 4.98 Å². The Kier molecular flexibility index (Phi) is 4.77. The van der Waals surface area contributed by atoms with Crippen molar-refractivity contribution in [1.29, 1.82) is 0 Å². The molecule has 4 nitrogen and oxygen atoms in total. The monoisotopic (exact) mass is 338 g/mol. The molecule has 0 bridgehead atoms. The molecule has 0 aliphatic carbocycles. The fourth-order valence-corrected chi connectivity index (χ4v) is 2.31. The lowest BCUT2D eigenvalue weighted by Crippen LogP contribution is -2.12. The summed E-state index contributed by atoms with van der Waals surface area (Å²) in [6.45, 7) is 2.01. The summed E-state index contributed by atoms with van der Waals surface area (Å²) in [5.74, 6) is 0.880. The summed E-state index contributed by atoms with van der Waals surface area (Å²) in [6, 6.07) is 18.0. The minimum Gasteiger partial charge on any atom is -0.439 e. The third-order valence-electron chi connectivity index (χ3n) is 3.36. The van der Waals surface area contributed by atoms with Crippen LogP contribution in [-0.4, -0.2) is 10.9 Å². The molecule has 1 heterocycles. The second-order valence-corrected chi connectivity index (χ2v) is 5.64. The average Bonchev–Trinajstić information content (AvgIpc) is 2.59. The van der Waals surface area contributed by atoms with Gasteiger partial charge < -0.3 is 10.1 Å². The van der Waals surface area contributed by atoms with Crippen molar-refractivity contribution in [2.24, 2.45) is 0 Å². The van der Waals surface area contributed by atoms with Gasteiger partial charge in [0.25, 0.3) is 5.91 Å². The molecule has 0 unspecified atom stereocenters. The highest BCUT2D eigenvalue weighted by atomic mass is 35.5. The van der Waals surface area contributed by atoms with Crippen LogP contribution in [0.5, 0.6) is 11.6 Å². The lowest BCUT2D eigenvalue weighted by atomic mass is 10.2. The SMILES string of the molecule is Cc1ccc(Oc2ccc(NC(=O)c3ccccc3Cl)cn2)cc1. The molecular weight excluding hydrogens is 324 g/mol. The Morgan fingerprint density at radius 2 is 1.79 bits per heavy atom. The van der Waals surface area contributed by atoms with Gasteiger partial charge >= 0.3 is 0 Å². The van der Waals surface area contributed by atoms with Crippen molar-refractivity contribution >= 4 is 23.2 Å². The number of halogens is 1. The van der Waals surface area contributed by atoms with Gasteiger partial charge in [0.05, 0.1) is 22.5 Å². The molecule has 3 rings (SSSR count). The lowest BCUT2D eigenvalue weighted by molar-refractivity contribution is 0.102. The van der Waals surface area contributed by atoms with Gasteiger partial charge in [-0.2, -0.15) is 0 Å². The molecule has 1 amide bonds. The first-order chi connectivity index (χ1) is 11.6. The van der Waals surface area contributed by atoms with E-state index in [0.717, 1.165) is 5.56 Å². The number of hydrogen-bond donors (Lipinski definition) is 1. The number of aryl methyl sites for hydroxylation is 1. The number of nitrogens with one attached hydrogen (secondary N) is 1. The maximum absolute atomic E-state index is 12.2. The molecule has 1 aromatic heterocycles. The molecule has 0 spiro atoms. The highest BCUT2D eigenvalue weighted by Crippen LogP contribution is 2.21. The Hall–Kier alpha value is -2.85. The second kappa shape index (κ2) is 7.15. The third-order valence-corrected chi connectivity index (χ3v) is 3.69. The molecule has 24 heavy (non-hydrogen) atoms. The van der Waals surface area contributed by atoms with Crippen molar-refractivity contribution in [1.82, 2.24) is 4.98 Å². The van der Waals surface area contributed by atoms with Gasteiger partial charge in [0.15, 0.2) is 0 Å². The van der Waals surface area contributed by atoms with Crippen LogP contribution in [0.25, 0.3) is 0 Å². The van der Waals surface area contributed by atoms with Gasteiger partial charge in [0.1, 0.15) is 5.75 Å². The van der Waals surface area contributed by atoms with E-state index in [9.17, 15) is 4.79 Å². The van der Waals surface area contributed by atoms with Crippen LogP contribution in [0.2, 0.25) is 5.02 Å². The predicted octanol–water partition coefficient (Wildman–Crippen LogP) is 5.09. The van der Waals surface area contributed by atoms with Crippen LogP contribution >= 0.6 is 11.6 Å². The molecule has 0 aliphatic rings. The minimum absolute atomic E-state index is 0.283. The van der Waals surface area contributed by atoms with Gasteiger partial charge in [-0.15, -0.1) is 0 Å². The standard InChI is InChI=1S/C19H15ClN2O2/c1-13-6-9-15(10-7-13)24-18-11-8-14(12-21-18)22-19(23)16-4-2-3-5-17(16)20/h2-12H,1H3,(H,22,23). The summed E-state index contributed by atoms with van der Waals surface area (Å²) < 4.78 is 5.65. The van der Waals surface area contributed by atoms with Crippen molar-refractivity contribution in [2.75, 3.05) is 5.32 Å². The van der Waals surface area contributed by atoms with E-state index in [1.165, 1.54) is 6.20 Å². The first kappa shape index (κ1) is 16.0. The van der Waals surface area contributed by atoms with Crippen LogP contribution in [0.3, 0.4) is 0 Å². The van der Waals surface area contributed by atoms with Crippen LogP contribution in [-0.2, 0) is 0 Å². The average molecular weight is 339 g/mol. The number of anilines is 1. The molecule has 2 aromatic carbocycles. The zero-order chi connectivity index (χ0) is 16.9. The number of benzene rings is 2. The highest BCUT2D eigenvalue weighted by molar-refractivity contribution is 6.34. The number of pyridine rings is 1. The summed E-state index contributed by atoms with van der Waals surface area (Å²) in [7, 11) is 0. The van der Waals surface area contributed by atoms with E-state index in [2.05, 4.69) is 10.3 Å². The zero-order valence-corrected chi connectivity index (χ0v) is 13.7. The lowest BCUT2D eigenvalue weighted by Gasteiger charge is -2.08. The zero-order valence-electron chi connectivity index (χ0n) is 13.0. The van der Waals surface area contributed by atoms with E-state index in [1.54, 1.807) is 36.4 Å². The Morgan fingerprint density at radius 3 is 2.46 bits per heavy atom. The first-order valence-electron chi connectivity index (χ1n) is 7.38. The summed E-state index contributed by atoms with van der Waals surface area (Å²) >= 11 is 6.02. The molecule has 0 atom stereocenters. The van der Waals surface area contributed by atoms with Crippen molar-refractivity contribution < 1.29 is 9.53 Å². The molecule has 0 saturated carbocycles. The molecule has 0 saturated heterocycles. The normalized spacial score (nSPS) is 10.2. The summed E-state index contributed by atoms with van der Waals surface area (Å²) in [5.41, 5.74) is 2.14.